The summed E-state index contributed by atoms with van der Waals surface area (Å²) in [7, 11) is 0. The Morgan fingerprint density at radius 2 is 2.00 bits per heavy atom. The number of ether oxygens (including phenoxy) is 2. The Bertz CT molecular complexity index is 1490. The fourth-order valence-corrected chi connectivity index (χ4v) is 3.87. The summed E-state index contributed by atoms with van der Waals surface area (Å²) in [5.74, 6) is -2.53. The Kier molecular flexibility index (Phi) is 7.64. The number of carbonyl (C=O) groups excluding carboxylic acids is 1. The molecule has 0 saturated heterocycles. The van der Waals surface area contributed by atoms with Gasteiger partial charge in [-0.2, -0.15) is 14.0 Å². The van der Waals surface area contributed by atoms with Crippen LogP contribution in [0.4, 0.5) is 17.6 Å². The summed E-state index contributed by atoms with van der Waals surface area (Å²) in [6.07, 6.45) is 1.96. The monoisotopic (exact) mass is 561 g/mol. The molecule has 4 aromatic rings. The van der Waals surface area contributed by atoms with Crippen molar-refractivity contribution in [2.75, 3.05) is 6.61 Å². The minimum Gasteiger partial charge on any atom is -0.489 e. The van der Waals surface area contributed by atoms with Crippen LogP contribution in [0.25, 0.3) is 11.5 Å². The number of benzene rings is 2. The van der Waals surface area contributed by atoms with E-state index in [0.29, 0.717) is 24.2 Å². The van der Waals surface area contributed by atoms with Crippen LogP contribution in [-0.2, 0) is 0 Å². The molecule has 1 amide bonds. The van der Waals surface area contributed by atoms with Crippen LogP contribution in [0.3, 0.4) is 0 Å². The van der Waals surface area contributed by atoms with Gasteiger partial charge in [0.2, 0.25) is 11.7 Å². The lowest BCUT2D eigenvalue weighted by Gasteiger charge is -2.16. The maximum absolute atomic E-state index is 14.6. The molecule has 0 unspecified atom stereocenters. The number of nitrogens with two attached hydrogens (primary N) is 1. The van der Waals surface area contributed by atoms with Gasteiger partial charge in [0.05, 0.1) is 12.6 Å². The molecule has 1 aliphatic rings. The van der Waals surface area contributed by atoms with E-state index in [0.717, 1.165) is 25.0 Å². The smallest absolute Gasteiger partial charge is 0.387 e. The number of aromatic amines is 1. The third-order valence-corrected chi connectivity index (χ3v) is 6.03. The standard InChI is InChI=1S/C25H23F4N7O4/c1-11(30)21-20(23(37)31-19(22-33-35-36-34-22)15-6-5-14(26)9-16(15)27)32-24(40-21)13-4-7-17(39-25(28)29)18(8-13)38-10-12-2-3-12/h4-9,11-12,19,25H,2-3,10,30H2,1H3,(H,31,37)(H,33,34,35,36)/t11-,19-/m0/s1. The van der Waals surface area contributed by atoms with E-state index in [-0.39, 0.29) is 40.2 Å². The molecule has 0 aliphatic heterocycles. The molecule has 0 spiro atoms. The van der Waals surface area contributed by atoms with Gasteiger partial charge in [0.15, 0.2) is 23.0 Å². The van der Waals surface area contributed by atoms with Crippen molar-refractivity contribution in [1.82, 2.24) is 30.9 Å². The summed E-state index contributed by atoms with van der Waals surface area (Å²) in [6.45, 7) is -1.18. The molecule has 1 fully saturated rings. The van der Waals surface area contributed by atoms with Crippen molar-refractivity contribution in [3.05, 3.63) is 70.9 Å². The zero-order chi connectivity index (χ0) is 28.4. The molecule has 11 nitrogen and oxygen atoms in total. The van der Waals surface area contributed by atoms with E-state index >= 15 is 0 Å². The first-order chi connectivity index (χ1) is 19.2. The van der Waals surface area contributed by atoms with Crippen LogP contribution < -0.4 is 20.5 Å². The summed E-state index contributed by atoms with van der Waals surface area (Å²) < 4.78 is 70.1. The third-order valence-electron chi connectivity index (χ3n) is 6.03. The number of tetrazole rings is 1. The number of oxazole rings is 1. The summed E-state index contributed by atoms with van der Waals surface area (Å²) in [5.41, 5.74) is 5.98. The predicted molar refractivity (Wildman–Crippen MR) is 129 cm³/mol. The number of rotatable bonds is 11. The first-order valence-corrected chi connectivity index (χ1v) is 12.2. The Labute approximate surface area is 224 Å². The normalized spacial score (nSPS) is 14.7. The number of alkyl halides is 2. The van der Waals surface area contributed by atoms with Gasteiger partial charge in [-0.05, 0) is 49.9 Å². The molecule has 2 aromatic heterocycles. The second kappa shape index (κ2) is 11.3. The Hall–Kier alpha value is -4.53. The topological polar surface area (TPSA) is 154 Å². The van der Waals surface area contributed by atoms with Crippen LogP contribution in [0.15, 0.2) is 40.8 Å². The van der Waals surface area contributed by atoms with Gasteiger partial charge >= 0.3 is 6.61 Å². The van der Waals surface area contributed by atoms with E-state index in [2.05, 4.69) is 35.7 Å². The lowest BCUT2D eigenvalue weighted by atomic mass is 10.0. The van der Waals surface area contributed by atoms with Gasteiger partial charge in [-0.25, -0.2) is 13.8 Å². The predicted octanol–water partition coefficient (Wildman–Crippen LogP) is 4.06. The number of H-pyrrole nitrogens is 1. The lowest BCUT2D eigenvalue weighted by molar-refractivity contribution is -0.0515. The van der Waals surface area contributed by atoms with Crippen molar-refractivity contribution in [3.63, 3.8) is 0 Å². The summed E-state index contributed by atoms with van der Waals surface area (Å²) >= 11 is 0. The second-order valence-electron chi connectivity index (χ2n) is 9.16. The molecule has 1 aliphatic carbocycles. The number of halogens is 4. The van der Waals surface area contributed by atoms with Crippen LogP contribution in [0, 0.1) is 17.6 Å². The average Bonchev–Trinajstić information content (AvgIpc) is 3.37. The van der Waals surface area contributed by atoms with Gasteiger partial charge in [-0.3, -0.25) is 4.79 Å². The van der Waals surface area contributed by atoms with Crippen LogP contribution in [0.5, 0.6) is 11.5 Å². The molecule has 210 valence electrons. The van der Waals surface area contributed by atoms with Gasteiger partial charge in [-0.1, -0.05) is 11.3 Å². The lowest BCUT2D eigenvalue weighted by Crippen LogP contribution is -2.32. The minimum absolute atomic E-state index is 0.00713. The van der Waals surface area contributed by atoms with Crippen molar-refractivity contribution in [2.45, 2.75) is 38.5 Å². The zero-order valence-electron chi connectivity index (χ0n) is 20.9. The number of carbonyl (C=O) groups is 1. The maximum atomic E-state index is 14.6. The fraction of sp³-hybridized carbons (Fsp3) is 0.320. The molecule has 5 rings (SSSR count). The molecule has 2 atom stereocenters. The summed E-state index contributed by atoms with van der Waals surface area (Å²) in [4.78, 5) is 17.7. The first kappa shape index (κ1) is 27.1. The highest BCUT2D eigenvalue weighted by atomic mass is 19.3. The SMILES string of the molecule is C[C@H](N)c1oc(-c2ccc(OC(F)F)c(OCC3CC3)c2)nc1C(=O)N[C@H](c1nn[nH]n1)c1ccc(F)cc1F. The van der Waals surface area contributed by atoms with Gasteiger partial charge in [-0.15, -0.1) is 10.2 Å². The minimum atomic E-state index is -3.06. The Morgan fingerprint density at radius 3 is 2.65 bits per heavy atom. The van der Waals surface area contributed by atoms with Gasteiger partial charge in [0, 0.05) is 17.2 Å². The number of aromatic nitrogens is 5. The highest BCUT2D eigenvalue weighted by Crippen LogP contribution is 2.37. The van der Waals surface area contributed by atoms with E-state index in [1.54, 1.807) is 6.92 Å². The summed E-state index contributed by atoms with van der Waals surface area (Å²) in [5, 5.41) is 15.9. The van der Waals surface area contributed by atoms with E-state index in [9.17, 15) is 22.4 Å². The van der Waals surface area contributed by atoms with Crippen molar-refractivity contribution in [3.8, 4) is 23.0 Å². The molecular weight excluding hydrogens is 538 g/mol. The molecule has 0 bridgehead atoms. The average molecular weight is 561 g/mol. The highest BCUT2D eigenvalue weighted by Gasteiger charge is 2.30. The van der Waals surface area contributed by atoms with E-state index in [1.807, 2.05) is 0 Å². The van der Waals surface area contributed by atoms with Crippen LogP contribution >= 0.6 is 0 Å². The van der Waals surface area contributed by atoms with Crippen molar-refractivity contribution in [2.24, 2.45) is 11.7 Å². The molecule has 0 radical (unpaired) electrons. The number of hydrogen-bond donors (Lipinski definition) is 3. The fourth-order valence-electron chi connectivity index (χ4n) is 3.87. The van der Waals surface area contributed by atoms with E-state index in [4.69, 9.17) is 14.9 Å². The highest BCUT2D eigenvalue weighted by molar-refractivity contribution is 5.94. The molecule has 4 N–H and O–H groups in total. The summed E-state index contributed by atoms with van der Waals surface area (Å²) in [6, 6.07) is 4.83. The molecule has 1 saturated carbocycles. The molecule has 2 aromatic carbocycles. The van der Waals surface area contributed by atoms with Gasteiger partial charge in [0.1, 0.15) is 17.7 Å². The van der Waals surface area contributed by atoms with Crippen molar-refractivity contribution < 1.29 is 36.2 Å². The van der Waals surface area contributed by atoms with Crippen LogP contribution in [0.1, 0.15) is 59.5 Å². The number of nitrogens with zero attached hydrogens (tertiary/aromatic N) is 4. The Morgan fingerprint density at radius 1 is 1.20 bits per heavy atom. The van der Waals surface area contributed by atoms with Crippen molar-refractivity contribution >= 4 is 5.91 Å². The largest absolute Gasteiger partial charge is 0.489 e. The Balaban J connectivity index is 1.47. The zero-order valence-corrected chi connectivity index (χ0v) is 20.9. The molecule has 2 heterocycles. The van der Waals surface area contributed by atoms with Crippen LogP contribution in [-0.4, -0.2) is 44.7 Å². The van der Waals surface area contributed by atoms with E-state index < -0.39 is 36.2 Å². The van der Waals surface area contributed by atoms with E-state index in [1.165, 1.54) is 18.2 Å². The quantitative estimate of drug-likeness (QED) is 0.230. The first-order valence-electron chi connectivity index (χ1n) is 12.2. The number of nitrogens with one attached hydrogen (secondary N) is 2. The number of amides is 1. The van der Waals surface area contributed by atoms with Gasteiger partial charge < -0.3 is 24.9 Å². The van der Waals surface area contributed by atoms with Gasteiger partial charge in [0.25, 0.3) is 5.91 Å². The molecule has 40 heavy (non-hydrogen) atoms. The van der Waals surface area contributed by atoms with Crippen LogP contribution in [0.2, 0.25) is 0 Å². The molecular formula is C25H23F4N7O4. The second-order valence-corrected chi connectivity index (χ2v) is 9.16. The molecule has 15 heteroatoms. The third kappa shape index (κ3) is 6.03. The maximum Gasteiger partial charge on any atom is 0.387 e. The van der Waals surface area contributed by atoms with Crippen molar-refractivity contribution in [1.29, 1.82) is 0 Å². The number of hydrogen-bond acceptors (Lipinski definition) is 9.